The minimum Gasteiger partial charge on any atom is -0.317 e. The molecule has 7 heteroatoms. The van der Waals surface area contributed by atoms with Crippen molar-refractivity contribution in [2.45, 2.75) is 0 Å². The van der Waals surface area contributed by atoms with Crippen molar-refractivity contribution in [1.82, 2.24) is 14.3 Å². The highest BCUT2D eigenvalue weighted by atomic mass is 16.6. The molecule has 0 saturated carbocycles. The summed E-state index contributed by atoms with van der Waals surface area (Å²) in [6, 6.07) is 9.96. The summed E-state index contributed by atoms with van der Waals surface area (Å²) in [6.07, 6.45) is 8.07. The topological polar surface area (TPSA) is 83.0 Å². The van der Waals surface area contributed by atoms with Crippen LogP contribution >= 0.6 is 0 Å². The molecule has 3 rings (SSSR count). The van der Waals surface area contributed by atoms with Crippen molar-refractivity contribution in [3.05, 3.63) is 82.4 Å². The van der Waals surface area contributed by atoms with Crippen LogP contribution in [-0.2, 0) is 7.05 Å². The molecule has 24 heavy (non-hydrogen) atoms. The summed E-state index contributed by atoms with van der Waals surface area (Å²) in [5.41, 5.74) is 1.92. The van der Waals surface area contributed by atoms with Gasteiger partial charge < -0.3 is 4.57 Å². The van der Waals surface area contributed by atoms with Gasteiger partial charge in [0, 0.05) is 37.3 Å². The number of benzene rings is 1. The maximum Gasteiger partial charge on any atom is 0.271 e. The summed E-state index contributed by atoms with van der Waals surface area (Å²) in [6.45, 7) is 0. The van der Waals surface area contributed by atoms with Gasteiger partial charge in [-0.3, -0.25) is 19.6 Å². The van der Waals surface area contributed by atoms with Crippen LogP contribution in [0.4, 0.5) is 5.69 Å². The Morgan fingerprint density at radius 3 is 2.83 bits per heavy atom. The van der Waals surface area contributed by atoms with Gasteiger partial charge in [-0.1, -0.05) is 6.07 Å². The van der Waals surface area contributed by atoms with Crippen molar-refractivity contribution in [2.75, 3.05) is 0 Å². The molecule has 0 radical (unpaired) electrons. The highest BCUT2D eigenvalue weighted by Gasteiger charge is 2.09. The Bertz CT molecular complexity index is 937. The van der Waals surface area contributed by atoms with E-state index in [-0.39, 0.29) is 11.5 Å². The Kier molecular flexibility index (Phi) is 4.07. The number of aromatic nitrogens is 3. The number of non-ortho nitro benzene ring substituents is 1. The lowest BCUT2D eigenvalue weighted by Crippen LogP contribution is -1.97. The second kappa shape index (κ2) is 6.33. The molecule has 0 saturated heterocycles. The highest BCUT2D eigenvalue weighted by Crippen LogP contribution is 2.19. The molecule has 0 fully saturated rings. The molecule has 0 N–H and O–H groups in total. The van der Waals surface area contributed by atoms with Gasteiger partial charge in [-0.2, -0.15) is 5.10 Å². The fourth-order valence-corrected chi connectivity index (χ4v) is 2.33. The van der Waals surface area contributed by atoms with Crippen molar-refractivity contribution in [2.24, 2.45) is 7.05 Å². The number of aryl methyl sites for hydroxylation is 1. The lowest BCUT2D eigenvalue weighted by atomic mass is 10.2. The van der Waals surface area contributed by atoms with Crippen LogP contribution in [0.3, 0.4) is 0 Å². The highest BCUT2D eigenvalue weighted by molar-refractivity contribution is 6.06. The Labute approximate surface area is 137 Å². The van der Waals surface area contributed by atoms with Crippen LogP contribution in [-0.4, -0.2) is 25.1 Å². The number of rotatable bonds is 5. The largest absolute Gasteiger partial charge is 0.317 e. The molecule has 0 aliphatic heterocycles. The van der Waals surface area contributed by atoms with Crippen molar-refractivity contribution >= 4 is 17.5 Å². The molecule has 0 atom stereocenters. The van der Waals surface area contributed by atoms with E-state index in [9.17, 15) is 14.9 Å². The summed E-state index contributed by atoms with van der Waals surface area (Å²) in [5.74, 6) is -0.158. The Morgan fingerprint density at radius 2 is 2.12 bits per heavy atom. The number of nitrogens with zero attached hydrogens (tertiary/aromatic N) is 4. The second-order valence-electron chi connectivity index (χ2n) is 5.18. The number of carbonyl (C=O) groups excluding carboxylic acids is 1. The van der Waals surface area contributed by atoms with Crippen molar-refractivity contribution in [3.63, 3.8) is 0 Å². The van der Waals surface area contributed by atoms with Crippen molar-refractivity contribution < 1.29 is 9.72 Å². The average molecular weight is 322 g/mol. The van der Waals surface area contributed by atoms with Crippen LogP contribution < -0.4 is 0 Å². The molecule has 0 aliphatic carbocycles. The summed E-state index contributed by atoms with van der Waals surface area (Å²) in [7, 11) is 1.74. The quantitative estimate of drug-likeness (QED) is 0.313. The van der Waals surface area contributed by atoms with Gasteiger partial charge >= 0.3 is 0 Å². The van der Waals surface area contributed by atoms with Gasteiger partial charge in [-0.25, -0.2) is 0 Å². The maximum absolute atomic E-state index is 12.1. The third kappa shape index (κ3) is 3.14. The van der Waals surface area contributed by atoms with Crippen molar-refractivity contribution in [1.29, 1.82) is 0 Å². The maximum atomic E-state index is 12.1. The van der Waals surface area contributed by atoms with E-state index in [1.165, 1.54) is 24.4 Å². The normalized spacial score (nSPS) is 11.0. The van der Waals surface area contributed by atoms with Crippen molar-refractivity contribution in [3.8, 4) is 5.69 Å². The minimum absolute atomic E-state index is 0.0163. The monoisotopic (exact) mass is 322 g/mol. The molecule has 120 valence electrons. The van der Waals surface area contributed by atoms with Gasteiger partial charge in [-0.15, -0.1) is 0 Å². The van der Waals surface area contributed by atoms with E-state index in [0.717, 1.165) is 5.69 Å². The van der Waals surface area contributed by atoms with Gasteiger partial charge in [-0.05, 0) is 30.4 Å². The molecule has 0 amide bonds. The smallest absolute Gasteiger partial charge is 0.271 e. The van der Waals surface area contributed by atoms with Crippen LogP contribution in [0.1, 0.15) is 16.1 Å². The molecule has 0 aliphatic rings. The Morgan fingerprint density at radius 1 is 1.29 bits per heavy atom. The van der Waals surface area contributed by atoms with Crippen LogP contribution in [0, 0.1) is 10.1 Å². The van der Waals surface area contributed by atoms with Crippen LogP contribution in [0.2, 0.25) is 0 Å². The number of nitro groups is 1. The number of ketones is 1. The van der Waals surface area contributed by atoms with E-state index in [0.29, 0.717) is 11.3 Å². The molecule has 7 nitrogen and oxygen atoms in total. The van der Waals surface area contributed by atoms with E-state index in [1.807, 2.05) is 12.1 Å². The zero-order valence-electron chi connectivity index (χ0n) is 12.9. The van der Waals surface area contributed by atoms with E-state index in [1.54, 1.807) is 46.9 Å². The van der Waals surface area contributed by atoms with Gasteiger partial charge in [0.1, 0.15) is 0 Å². The number of hydrogen-bond acceptors (Lipinski definition) is 4. The first-order chi connectivity index (χ1) is 11.5. The van der Waals surface area contributed by atoms with Gasteiger partial charge in [0.25, 0.3) is 5.69 Å². The molecule has 0 bridgehead atoms. The zero-order chi connectivity index (χ0) is 17.1. The van der Waals surface area contributed by atoms with Gasteiger partial charge in [0.05, 0.1) is 22.4 Å². The van der Waals surface area contributed by atoms with E-state index < -0.39 is 4.92 Å². The molecule has 0 unspecified atom stereocenters. The second-order valence-corrected chi connectivity index (χ2v) is 5.18. The van der Waals surface area contributed by atoms with Gasteiger partial charge in [0.15, 0.2) is 5.78 Å². The number of carbonyl (C=O) groups is 1. The first-order valence-electron chi connectivity index (χ1n) is 7.18. The molecule has 2 aromatic heterocycles. The molecular formula is C17H14N4O3. The van der Waals surface area contributed by atoms with E-state index in [2.05, 4.69) is 5.10 Å². The summed E-state index contributed by atoms with van der Waals surface area (Å²) in [5, 5.41) is 14.9. The van der Waals surface area contributed by atoms with E-state index in [4.69, 9.17) is 0 Å². The Hall–Kier alpha value is -3.48. The van der Waals surface area contributed by atoms with E-state index >= 15 is 0 Å². The lowest BCUT2D eigenvalue weighted by molar-refractivity contribution is -0.384. The average Bonchev–Trinajstić information content (AvgIpc) is 3.21. The van der Waals surface area contributed by atoms with Crippen LogP contribution in [0.25, 0.3) is 11.8 Å². The standard InChI is InChI=1S/C17H14N4O3/c1-19-12-13(11-18-19)17(22)8-7-14-6-3-9-20(14)15-4-2-5-16(10-15)21(23)24/h2-12H,1H3/b8-7+. The van der Waals surface area contributed by atoms with Crippen LogP contribution in [0.15, 0.2) is 61.1 Å². The first kappa shape index (κ1) is 15.4. The fourth-order valence-electron chi connectivity index (χ4n) is 2.33. The first-order valence-corrected chi connectivity index (χ1v) is 7.18. The zero-order valence-corrected chi connectivity index (χ0v) is 12.9. The molecule has 1 aromatic carbocycles. The van der Waals surface area contributed by atoms with Gasteiger partial charge in [0.2, 0.25) is 0 Å². The summed E-state index contributed by atoms with van der Waals surface area (Å²) < 4.78 is 3.34. The summed E-state index contributed by atoms with van der Waals surface area (Å²) >= 11 is 0. The minimum atomic E-state index is -0.436. The SMILES string of the molecule is Cn1cc(C(=O)/C=C/c2cccn2-c2cccc([N+](=O)[O-])c2)cn1. The summed E-state index contributed by atoms with van der Waals surface area (Å²) in [4.78, 5) is 22.6. The predicted molar refractivity (Wildman–Crippen MR) is 89.0 cm³/mol. The number of hydrogen-bond donors (Lipinski definition) is 0. The number of allylic oxidation sites excluding steroid dienone is 1. The third-order valence-electron chi connectivity index (χ3n) is 3.49. The molecule has 2 heterocycles. The van der Waals surface area contributed by atoms with Crippen LogP contribution in [0.5, 0.6) is 0 Å². The number of nitro benzene ring substituents is 1. The predicted octanol–water partition coefficient (Wildman–Crippen LogP) is 3.02. The molecule has 0 spiro atoms. The Balaban J connectivity index is 1.88. The molecule has 3 aromatic rings. The fraction of sp³-hybridized carbons (Fsp3) is 0.0588. The molecular weight excluding hydrogens is 308 g/mol. The third-order valence-corrected chi connectivity index (χ3v) is 3.49. The lowest BCUT2D eigenvalue weighted by Gasteiger charge is -2.06.